The maximum atomic E-state index is 10.1. The van der Waals surface area contributed by atoms with Crippen LogP contribution >= 0.6 is 0 Å². The van der Waals surface area contributed by atoms with Gasteiger partial charge in [-0.1, -0.05) is 13.8 Å². The first kappa shape index (κ1) is 9.23. The molecule has 0 aromatic rings. The van der Waals surface area contributed by atoms with Crippen LogP contribution in [0.5, 0.6) is 0 Å². The van der Waals surface area contributed by atoms with Crippen LogP contribution in [0.4, 0.5) is 4.79 Å². The van der Waals surface area contributed by atoms with E-state index in [1.807, 2.05) is 0 Å². The molecular formula is C6H15N3O. The van der Waals surface area contributed by atoms with Crippen LogP contribution in [0.3, 0.4) is 0 Å². The van der Waals surface area contributed by atoms with E-state index in [4.69, 9.17) is 5.73 Å². The fourth-order valence-corrected chi connectivity index (χ4v) is 0.510. The van der Waals surface area contributed by atoms with E-state index in [2.05, 4.69) is 24.7 Å². The topological polar surface area (TPSA) is 67.2 Å². The highest BCUT2D eigenvalue weighted by Crippen LogP contribution is 1.95. The number of primary amides is 1. The third-order valence-corrected chi connectivity index (χ3v) is 1.06. The summed E-state index contributed by atoms with van der Waals surface area (Å²) in [6, 6.07) is -0.538. The molecule has 4 nitrogen and oxygen atoms in total. The van der Waals surface area contributed by atoms with Crippen molar-refractivity contribution in [3.63, 3.8) is 0 Å². The lowest BCUT2D eigenvalue weighted by atomic mass is 10.1. The summed E-state index contributed by atoms with van der Waals surface area (Å²) in [5.41, 5.74) is 9.78. The van der Waals surface area contributed by atoms with Gasteiger partial charge in [0.2, 0.25) is 0 Å². The number of rotatable bonds is 4. The van der Waals surface area contributed by atoms with Gasteiger partial charge in [0.1, 0.15) is 0 Å². The molecule has 0 aliphatic rings. The summed E-state index contributed by atoms with van der Waals surface area (Å²) in [5.74, 6) is 0.641. The Morgan fingerprint density at radius 2 is 2.20 bits per heavy atom. The summed E-state index contributed by atoms with van der Waals surface area (Å²) >= 11 is 0. The van der Waals surface area contributed by atoms with E-state index >= 15 is 0 Å². The lowest BCUT2D eigenvalue weighted by molar-refractivity contribution is 0.244. The van der Waals surface area contributed by atoms with Gasteiger partial charge in [-0.25, -0.2) is 10.2 Å². The minimum absolute atomic E-state index is 0.538. The van der Waals surface area contributed by atoms with Crippen molar-refractivity contribution in [2.24, 2.45) is 11.7 Å². The maximum Gasteiger partial charge on any atom is 0.326 e. The van der Waals surface area contributed by atoms with Gasteiger partial charge in [-0.05, 0) is 12.3 Å². The molecular weight excluding hydrogens is 130 g/mol. The molecule has 0 heterocycles. The third kappa shape index (κ3) is 7.23. The van der Waals surface area contributed by atoms with Gasteiger partial charge < -0.3 is 5.73 Å². The largest absolute Gasteiger partial charge is 0.351 e. The third-order valence-electron chi connectivity index (χ3n) is 1.06. The van der Waals surface area contributed by atoms with E-state index < -0.39 is 6.03 Å². The van der Waals surface area contributed by atoms with Gasteiger partial charge in [-0.15, -0.1) is 0 Å². The molecule has 0 fully saturated rings. The van der Waals surface area contributed by atoms with Gasteiger partial charge >= 0.3 is 6.03 Å². The zero-order chi connectivity index (χ0) is 7.98. The quantitative estimate of drug-likeness (QED) is 0.391. The molecule has 0 aliphatic carbocycles. The Labute approximate surface area is 61.1 Å². The Kier molecular flexibility index (Phi) is 4.66. The van der Waals surface area contributed by atoms with E-state index in [0.717, 1.165) is 13.0 Å². The molecule has 0 aromatic heterocycles. The second-order valence-electron chi connectivity index (χ2n) is 2.60. The Morgan fingerprint density at radius 1 is 1.60 bits per heavy atom. The Hall–Kier alpha value is -0.770. The van der Waals surface area contributed by atoms with Crippen molar-refractivity contribution in [3.05, 3.63) is 0 Å². The van der Waals surface area contributed by atoms with Crippen LogP contribution in [0.2, 0.25) is 0 Å². The van der Waals surface area contributed by atoms with E-state index in [1.54, 1.807) is 0 Å². The van der Waals surface area contributed by atoms with Crippen LogP contribution in [0.25, 0.3) is 0 Å². The Balaban J connectivity index is 2.98. The zero-order valence-electron chi connectivity index (χ0n) is 6.48. The van der Waals surface area contributed by atoms with Crippen molar-refractivity contribution < 1.29 is 4.79 Å². The number of nitrogens with two attached hydrogens (primary N) is 1. The predicted molar refractivity (Wildman–Crippen MR) is 40.2 cm³/mol. The number of carbonyl (C=O) groups excluding carboxylic acids is 1. The average molecular weight is 145 g/mol. The molecule has 0 saturated carbocycles. The molecule has 0 bridgehead atoms. The van der Waals surface area contributed by atoms with Crippen molar-refractivity contribution in [2.75, 3.05) is 6.54 Å². The number of nitrogens with one attached hydrogen (secondary N) is 2. The molecule has 0 atom stereocenters. The minimum Gasteiger partial charge on any atom is -0.351 e. The second kappa shape index (κ2) is 5.05. The van der Waals surface area contributed by atoms with E-state index in [0.29, 0.717) is 5.92 Å². The first-order chi connectivity index (χ1) is 4.63. The minimum atomic E-state index is -0.538. The molecule has 0 saturated heterocycles. The monoisotopic (exact) mass is 145 g/mol. The molecule has 0 rings (SSSR count). The van der Waals surface area contributed by atoms with Crippen LogP contribution in [0.1, 0.15) is 20.3 Å². The van der Waals surface area contributed by atoms with Crippen molar-refractivity contribution in [1.82, 2.24) is 10.9 Å². The highest BCUT2D eigenvalue weighted by atomic mass is 16.2. The molecule has 0 radical (unpaired) electrons. The molecule has 10 heavy (non-hydrogen) atoms. The van der Waals surface area contributed by atoms with Crippen molar-refractivity contribution in [3.8, 4) is 0 Å². The lowest BCUT2D eigenvalue weighted by Gasteiger charge is -2.05. The summed E-state index contributed by atoms with van der Waals surface area (Å²) < 4.78 is 0. The first-order valence-electron chi connectivity index (χ1n) is 3.41. The first-order valence-corrected chi connectivity index (χ1v) is 3.41. The van der Waals surface area contributed by atoms with Crippen LogP contribution in [0, 0.1) is 5.92 Å². The number of hydrazine groups is 1. The molecule has 0 aliphatic heterocycles. The van der Waals surface area contributed by atoms with E-state index in [1.165, 1.54) is 0 Å². The van der Waals surface area contributed by atoms with Gasteiger partial charge in [-0.2, -0.15) is 0 Å². The molecule has 2 amide bonds. The van der Waals surface area contributed by atoms with Gasteiger partial charge in [0, 0.05) is 6.54 Å². The SMILES string of the molecule is CC(C)CCNNC(N)=O. The summed E-state index contributed by atoms with van der Waals surface area (Å²) in [6.07, 6.45) is 1.03. The zero-order valence-corrected chi connectivity index (χ0v) is 6.48. The fourth-order valence-electron chi connectivity index (χ4n) is 0.510. The predicted octanol–water partition coefficient (Wildman–Crippen LogP) is 0.205. The highest BCUT2D eigenvalue weighted by molar-refractivity contribution is 5.70. The summed E-state index contributed by atoms with van der Waals surface area (Å²) in [7, 11) is 0. The number of amides is 2. The fraction of sp³-hybridized carbons (Fsp3) is 0.833. The second-order valence-corrected chi connectivity index (χ2v) is 2.60. The van der Waals surface area contributed by atoms with Crippen LogP contribution < -0.4 is 16.6 Å². The van der Waals surface area contributed by atoms with Crippen LogP contribution in [-0.2, 0) is 0 Å². The molecule has 0 spiro atoms. The summed E-state index contributed by atoms with van der Waals surface area (Å²) in [4.78, 5) is 10.1. The normalized spacial score (nSPS) is 9.90. The Morgan fingerprint density at radius 3 is 2.60 bits per heavy atom. The molecule has 4 N–H and O–H groups in total. The lowest BCUT2D eigenvalue weighted by Crippen LogP contribution is -2.41. The number of urea groups is 1. The van der Waals surface area contributed by atoms with Gasteiger partial charge in [0.05, 0.1) is 0 Å². The molecule has 4 heteroatoms. The Bertz CT molecular complexity index is 103. The number of carbonyl (C=O) groups is 1. The van der Waals surface area contributed by atoms with Gasteiger partial charge in [0.15, 0.2) is 0 Å². The summed E-state index contributed by atoms with van der Waals surface area (Å²) in [6.45, 7) is 5.00. The molecule has 0 unspecified atom stereocenters. The number of hydrogen-bond acceptors (Lipinski definition) is 2. The molecule has 0 aromatic carbocycles. The van der Waals surface area contributed by atoms with Crippen LogP contribution in [0.15, 0.2) is 0 Å². The van der Waals surface area contributed by atoms with Crippen LogP contribution in [-0.4, -0.2) is 12.6 Å². The van der Waals surface area contributed by atoms with Gasteiger partial charge in [0.25, 0.3) is 0 Å². The standard InChI is InChI=1S/C6H15N3O/c1-5(2)3-4-8-9-6(7)10/h5,8H,3-4H2,1-2H3,(H3,7,9,10). The van der Waals surface area contributed by atoms with E-state index in [-0.39, 0.29) is 0 Å². The summed E-state index contributed by atoms with van der Waals surface area (Å²) in [5, 5.41) is 0. The number of hydrogen-bond donors (Lipinski definition) is 3. The van der Waals surface area contributed by atoms with E-state index in [9.17, 15) is 4.79 Å². The maximum absolute atomic E-state index is 10.1. The highest BCUT2D eigenvalue weighted by Gasteiger charge is 1.92. The van der Waals surface area contributed by atoms with Crippen molar-refractivity contribution in [1.29, 1.82) is 0 Å². The van der Waals surface area contributed by atoms with Crippen molar-refractivity contribution >= 4 is 6.03 Å². The van der Waals surface area contributed by atoms with Crippen molar-refractivity contribution in [2.45, 2.75) is 20.3 Å². The smallest absolute Gasteiger partial charge is 0.326 e. The molecule has 60 valence electrons. The van der Waals surface area contributed by atoms with Gasteiger partial charge in [-0.3, -0.25) is 5.43 Å². The average Bonchev–Trinajstić information content (AvgIpc) is 1.79.